The van der Waals surface area contributed by atoms with Crippen LogP contribution < -0.4 is 15.5 Å². The van der Waals surface area contributed by atoms with Gasteiger partial charge in [-0.25, -0.2) is 0 Å². The maximum absolute atomic E-state index is 12.2. The van der Waals surface area contributed by atoms with Gasteiger partial charge in [0.05, 0.1) is 25.6 Å². The number of hydrogen-bond donors (Lipinski definition) is 3. The summed E-state index contributed by atoms with van der Waals surface area (Å²) in [4.78, 5) is 25.2. The van der Waals surface area contributed by atoms with Gasteiger partial charge in [-0.1, -0.05) is 12.1 Å². The number of carbonyl (C=O) groups is 2. The lowest BCUT2D eigenvalue weighted by Gasteiger charge is -2.15. The van der Waals surface area contributed by atoms with Crippen LogP contribution in [0.4, 0.5) is 10.7 Å². The van der Waals surface area contributed by atoms with Gasteiger partial charge in [0.2, 0.25) is 5.91 Å². The molecule has 1 unspecified atom stereocenters. The summed E-state index contributed by atoms with van der Waals surface area (Å²) in [6.07, 6.45) is 0.283. The number of hydrogen-bond acceptors (Lipinski definition) is 4. The van der Waals surface area contributed by atoms with E-state index in [-0.39, 0.29) is 24.8 Å². The van der Waals surface area contributed by atoms with Crippen molar-refractivity contribution >= 4 is 33.8 Å². The molecule has 1 aromatic carbocycles. The van der Waals surface area contributed by atoms with E-state index >= 15 is 0 Å². The van der Waals surface area contributed by atoms with E-state index in [1.165, 1.54) is 11.3 Å². The molecule has 0 aliphatic carbocycles. The Hall–Kier alpha value is -2.69. The number of carbonyl (C=O) groups excluding carboxylic acids is 2. The number of benzene rings is 1. The molecule has 0 spiro atoms. The third-order valence-corrected chi connectivity index (χ3v) is 4.99. The lowest BCUT2D eigenvalue weighted by atomic mass is 10.1. The van der Waals surface area contributed by atoms with E-state index < -0.39 is 0 Å². The quantitative estimate of drug-likeness (QED) is 0.693. The molecule has 1 atom stereocenters. The minimum absolute atomic E-state index is 0.0818. The Labute approximate surface area is 157 Å². The highest BCUT2D eigenvalue weighted by atomic mass is 32.1. The van der Waals surface area contributed by atoms with Crippen LogP contribution >= 0.6 is 11.3 Å². The zero-order valence-corrected chi connectivity index (χ0v) is 16.0. The number of aryl methyl sites for hydroxylation is 1. The molecular weight excluding hydrogens is 348 g/mol. The van der Waals surface area contributed by atoms with E-state index in [4.69, 9.17) is 5.26 Å². The van der Waals surface area contributed by atoms with Gasteiger partial charge in [-0.3, -0.25) is 9.59 Å². The highest BCUT2D eigenvalue weighted by Gasteiger charge is 2.14. The van der Waals surface area contributed by atoms with Crippen LogP contribution in [0.15, 0.2) is 29.6 Å². The van der Waals surface area contributed by atoms with Gasteiger partial charge in [-0.2, -0.15) is 5.26 Å². The monoisotopic (exact) mass is 371 g/mol. The van der Waals surface area contributed by atoms with Crippen molar-refractivity contribution in [3.8, 4) is 6.07 Å². The first-order valence-electron chi connectivity index (χ1n) is 8.35. The Bertz CT molecular complexity index is 838. The molecule has 2 rings (SSSR count). The van der Waals surface area contributed by atoms with Crippen molar-refractivity contribution in [2.75, 3.05) is 30.8 Å². The molecule has 2 aromatic rings. The van der Waals surface area contributed by atoms with Gasteiger partial charge in [0, 0.05) is 5.69 Å². The molecule has 0 bridgehead atoms. The molecule has 0 fully saturated rings. The van der Waals surface area contributed by atoms with Gasteiger partial charge >= 0.3 is 0 Å². The summed E-state index contributed by atoms with van der Waals surface area (Å²) in [5, 5.41) is 17.0. The van der Waals surface area contributed by atoms with Crippen molar-refractivity contribution < 1.29 is 14.5 Å². The van der Waals surface area contributed by atoms with Crippen LogP contribution in [-0.4, -0.2) is 32.0 Å². The van der Waals surface area contributed by atoms with E-state index in [0.29, 0.717) is 17.1 Å². The second kappa shape index (κ2) is 9.13. The van der Waals surface area contributed by atoms with Crippen molar-refractivity contribution in [1.29, 1.82) is 5.26 Å². The third kappa shape index (κ3) is 5.41. The second-order valence-electron chi connectivity index (χ2n) is 6.25. The van der Waals surface area contributed by atoms with E-state index in [2.05, 4.69) is 10.6 Å². The zero-order chi connectivity index (χ0) is 19.1. The predicted octanol–water partition coefficient (Wildman–Crippen LogP) is 1.72. The van der Waals surface area contributed by atoms with Gasteiger partial charge in [0.25, 0.3) is 5.91 Å². The van der Waals surface area contributed by atoms with Crippen LogP contribution in [0.2, 0.25) is 0 Å². The Morgan fingerprint density at radius 2 is 1.96 bits per heavy atom. The summed E-state index contributed by atoms with van der Waals surface area (Å²) < 4.78 is 0. The highest BCUT2D eigenvalue weighted by molar-refractivity contribution is 7.14. The van der Waals surface area contributed by atoms with E-state index in [0.717, 1.165) is 21.7 Å². The van der Waals surface area contributed by atoms with Crippen LogP contribution in [-0.2, 0) is 9.59 Å². The largest absolute Gasteiger partial charge is 0.329 e. The van der Waals surface area contributed by atoms with Gasteiger partial charge < -0.3 is 15.5 Å². The predicted molar refractivity (Wildman–Crippen MR) is 103 cm³/mol. The number of quaternary nitrogens is 1. The number of thiophene rings is 1. The Morgan fingerprint density at radius 3 is 2.69 bits per heavy atom. The smallest absolute Gasteiger partial charge is 0.279 e. The maximum atomic E-state index is 12.2. The molecule has 6 nitrogen and oxygen atoms in total. The summed E-state index contributed by atoms with van der Waals surface area (Å²) in [7, 11) is 1.88. The average Bonchev–Trinajstić information content (AvgIpc) is 3.04. The van der Waals surface area contributed by atoms with Crippen molar-refractivity contribution in [2.45, 2.75) is 20.3 Å². The lowest BCUT2D eigenvalue weighted by molar-refractivity contribution is -0.870. The first kappa shape index (κ1) is 19.6. The highest BCUT2D eigenvalue weighted by Crippen LogP contribution is 2.22. The standard InChI is InChI=1S/C19H22N4O2S/c1-13-5-4-6-16(14(13)2)21-18(25)12-23(3)9-7-17(24)22-19-15(11-20)8-10-26-19/h4-6,8,10H,7,9,12H2,1-3H3,(H,21,25)(H,22,24)/p+1. The van der Waals surface area contributed by atoms with Crippen LogP contribution in [0.5, 0.6) is 0 Å². The molecule has 0 saturated heterocycles. The summed E-state index contributed by atoms with van der Waals surface area (Å²) in [6.45, 7) is 4.79. The topological polar surface area (TPSA) is 86.4 Å². The number of nitrogens with zero attached hydrogens (tertiary/aromatic N) is 1. The minimum atomic E-state index is -0.154. The number of nitriles is 1. The Balaban J connectivity index is 1.78. The Kier molecular flexibility index (Phi) is 6.89. The molecule has 2 amide bonds. The van der Waals surface area contributed by atoms with E-state index in [1.807, 2.05) is 45.2 Å². The summed E-state index contributed by atoms with van der Waals surface area (Å²) >= 11 is 1.33. The molecule has 1 heterocycles. The molecule has 0 radical (unpaired) electrons. The van der Waals surface area contributed by atoms with Gasteiger partial charge in [-0.15, -0.1) is 11.3 Å². The number of likely N-dealkylation sites (N-methyl/N-ethyl adjacent to an activating group) is 1. The molecular formula is C19H23N4O2S+. The van der Waals surface area contributed by atoms with Crippen molar-refractivity contribution in [3.63, 3.8) is 0 Å². The van der Waals surface area contributed by atoms with Crippen molar-refractivity contribution in [2.24, 2.45) is 0 Å². The maximum Gasteiger partial charge on any atom is 0.279 e. The SMILES string of the molecule is Cc1cccc(NC(=O)C[NH+](C)CCC(=O)Nc2sccc2C#N)c1C. The molecule has 0 saturated carbocycles. The van der Waals surface area contributed by atoms with Crippen molar-refractivity contribution in [3.05, 3.63) is 46.3 Å². The van der Waals surface area contributed by atoms with E-state index in [1.54, 1.807) is 11.4 Å². The van der Waals surface area contributed by atoms with Gasteiger partial charge in [-0.05, 0) is 42.5 Å². The number of amides is 2. The zero-order valence-electron chi connectivity index (χ0n) is 15.2. The number of nitrogens with one attached hydrogen (secondary N) is 3. The second-order valence-corrected chi connectivity index (χ2v) is 7.17. The van der Waals surface area contributed by atoms with Gasteiger partial charge in [0.15, 0.2) is 6.54 Å². The molecule has 26 heavy (non-hydrogen) atoms. The molecule has 0 aliphatic rings. The summed E-state index contributed by atoms with van der Waals surface area (Å²) in [5.41, 5.74) is 3.48. The minimum Gasteiger partial charge on any atom is -0.329 e. The number of rotatable bonds is 7. The molecule has 136 valence electrons. The fraction of sp³-hybridized carbons (Fsp3) is 0.316. The fourth-order valence-electron chi connectivity index (χ4n) is 2.45. The fourth-order valence-corrected chi connectivity index (χ4v) is 3.21. The third-order valence-electron chi connectivity index (χ3n) is 4.16. The molecule has 3 N–H and O–H groups in total. The number of anilines is 2. The van der Waals surface area contributed by atoms with Crippen LogP contribution in [0, 0.1) is 25.2 Å². The normalized spacial score (nSPS) is 11.5. The van der Waals surface area contributed by atoms with Crippen LogP contribution in [0.25, 0.3) is 0 Å². The van der Waals surface area contributed by atoms with Crippen LogP contribution in [0.3, 0.4) is 0 Å². The summed E-state index contributed by atoms with van der Waals surface area (Å²) in [6, 6.07) is 9.52. The van der Waals surface area contributed by atoms with E-state index in [9.17, 15) is 9.59 Å². The lowest BCUT2D eigenvalue weighted by Crippen LogP contribution is -3.10. The molecule has 7 heteroatoms. The first-order chi connectivity index (χ1) is 12.4. The molecule has 1 aromatic heterocycles. The van der Waals surface area contributed by atoms with Crippen molar-refractivity contribution in [1.82, 2.24) is 0 Å². The van der Waals surface area contributed by atoms with Gasteiger partial charge in [0.1, 0.15) is 11.1 Å². The van der Waals surface area contributed by atoms with Crippen LogP contribution in [0.1, 0.15) is 23.1 Å². The molecule has 0 aliphatic heterocycles. The average molecular weight is 371 g/mol. The summed E-state index contributed by atoms with van der Waals surface area (Å²) in [5.74, 6) is -0.236. The first-order valence-corrected chi connectivity index (χ1v) is 9.23. The Morgan fingerprint density at radius 1 is 1.19 bits per heavy atom.